The Bertz CT molecular complexity index is 1170. The molecule has 1 atom stereocenters. The van der Waals surface area contributed by atoms with Crippen molar-refractivity contribution < 1.29 is 22.7 Å². The molecule has 9 heteroatoms. The number of carbonyl (C=O) groups excluding carboxylic acids is 2. The molecule has 182 valence electrons. The van der Waals surface area contributed by atoms with E-state index in [1.807, 2.05) is 11.8 Å². The zero-order valence-corrected chi connectivity index (χ0v) is 20.4. The Labute approximate surface area is 200 Å². The van der Waals surface area contributed by atoms with E-state index in [2.05, 4.69) is 5.32 Å². The van der Waals surface area contributed by atoms with Crippen LogP contribution < -0.4 is 10.1 Å². The minimum atomic E-state index is -3.83. The van der Waals surface area contributed by atoms with Gasteiger partial charge in [0.2, 0.25) is 10.0 Å². The van der Waals surface area contributed by atoms with Gasteiger partial charge in [-0.25, -0.2) is 8.42 Å². The number of methoxy groups -OCH3 is 1. The maximum atomic E-state index is 13.4. The van der Waals surface area contributed by atoms with Gasteiger partial charge in [0, 0.05) is 42.5 Å². The van der Waals surface area contributed by atoms with Gasteiger partial charge in [0.15, 0.2) is 0 Å². The summed E-state index contributed by atoms with van der Waals surface area (Å²) in [6.45, 7) is 3.83. The van der Waals surface area contributed by atoms with E-state index >= 15 is 0 Å². The maximum absolute atomic E-state index is 13.4. The van der Waals surface area contributed by atoms with Crippen molar-refractivity contribution in [1.82, 2.24) is 9.21 Å². The monoisotopic (exact) mass is 485 g/mol. The molecule has 2 heterocycles. The van der Waals surface area contributed by atoms with Gasteiger partial charge >= 0.3 is 0 Å². The third-order valence-electron chi connectivity index (χ3n) is 6.52. The molecule has 8 nitrogen and oxygen atoms in total. The fraction of sp³-hybridized carbons (Fsp3) is 0.440. The number of benzene rings is 2. The number of rotatable bonds is 6. The van der Waals surface area contributed by atoms with Crippen molar-refractivity contribution in [3.63, 3.8) is 0 Å². The first kappa shape index (κ1) is 24.2. The van der Waals surface area contributed by atoms with Crippen LogP contribution in [0.2, 0.25) is 0 Å². The van der Waals surface area contributed by atoms with Gasteiger partial charge in [0.25, 0.3) is 11.8 Å². The fourth-order valence-electron chi connectivity index (χ4n) is 4.61. The zero-order valence-electron chi connectivity index (χ0n) is 19.6. The van der Waals surface area contributed by atoms with E-state index in [1.165, 1.54) is 29.6 Å². The van der Waals surface area contributed by atoms with E-state index < -0.39 is 15.9 Å². The van der Waals surface area contributed by atoms with Crippen LogP contribution in [-0.4, -0.2) is 62.2 Å². The lowest BCUT2D eigenvalue weighted by Crippen LogP contribution is -2.42. The largest absolute Gasteiger partial charge is 0.495 e. The Balaban J connectivity index is 1.57. The molecule has 0 saturated carbocycles. The minimum Gasteiger partial charge on any atom is -0.495 e. The molecule has 34 heavy (non-hydrogen) atoms. The molecule has 1 unspecified atom stereocenters. The summed E-state index contributed by atoms with van der Waals surface area (Å²) >= 11 is 0. The molecule has 2 aliphatic rings. The highest BCUT2D eigenvalue weighted by atomic mass is 32.2. The topological polar surface area (TPSA) is 96.0 Å². The van der Waals surface area contributed by atoms with Gasteiger partial charge < -0.3 is 15.0 Å². The molecule has 4 rings (SSSR count). The van der Waals surface area contributed by atoms with Crippen molar-refractivity contribution in [2.24, 2.45) is 0 Å². The number of carbonyl (C=O) groups is 2. The Kier molecular flexibility index (Phi) is 7.23. The van der Waals surface area contributed by atoms with Gasteiger partial charge in [-0.3, -0.25) is 9.59 Å². The summed E-state index contributed by atoms with van der Waals surface area (Å²) in [4.78, 5) is 27.5. The van der Waals surface area contributed by atoms with Crippen molar-refractivity contribution in [2.75, 3.05) is 32.1 Å². The maximum Gasteiger partial charge on any atom is 0.255 e. The van der Waals surface area contributed by atoms with Crippen LogP contribution in [0.15, 0.2) is 47.4 Å². The van der Waals surface area contributed by atoms with Gasteiger partial charge in [-0.1, -0.05) is 12.5 Å². The predicted molar refractivity (Wildman–Crippen MR) is 130 cm³/mol. The number of amides is 2. The first-order valence-electron chi connectivity index (χ1n) is 11.7. The van der Waals surface area contributed by atoms with E-state index in [4.69, 9.17) is 4.74 Å². The van der Waals surface area contributed by atoms with Crippen LogP contribution in [0.4, 0.5) is 5.69 Å². The molecule has 2 aromatic rings. The van der Waals surface area contributed by atoms with Gasteiger partial charge in [0.1, 0.15) is 10.6 Å². The Morgan fingerprint density at radius 1 is 0.971 bits per heavy atom. The number of nitrogens with zero attached hydrogens (tertiary/aromatic N) is 2. The first-order chi connectivity index (χ1) is 16.3. The van der Waals surface area contributed by atoms with Crippen molar-refractivity contribution in [1.29, 1.82) is 0 Å². The average Bonchev–Trinajstić information content (AvgIpc) is 3.38. The molecule has 1 N–H and O–H groups in total. The molecule has 0 spiro atoms. The van der Waals surface area contributed by atoms with Crippen molar-refractivity contribution in [3.8, 4) is 5.75 Å². The second-order valence-electron chi connectivity index (χ2n) is 8.86. The number of hydrogen-bond acceptors (Lipinski definition) is 5. The molecule has 0 aliphatic carbocycles. The second-order valence-corrected chi connectivity index (χ2v) is 10.7. The highest BCUT2D eigenvalue weighted by Gasteiger charge is 2.33. The number of hydrogen-bond donors (Lipinski definition) is 1. The summed E-state index contributed by atoms with van der Waals surface area (Å²) in [5.74, 6) is -0.314. The van der Waals surface area contributed by atoms with Crippen LogP contribution >= 0.6 is 0 Å². The summed E-state index contributed by atoms with van der Waals surface area (Å²) in [6.07, 6.45) is 4.60. The number of ether oxygens (including phenoxy) is 1. The number of anilines is 1. The lowest BCUT2D eigenvalue weighted by molar-refractivity contribution is 0.0792. The lowest BCUT2D eigenvalue weighted by atomic mass is 10.1. The van der Waals surface area contributed by atoms with E-state index in [-0.39, 0.29) is 28.2 Å². The van der Waals surface area contributed by atoms with Crippen molar-refractivity contribution in [2.45, 2.75) is 50.0 Å². The van der Waals surface area contributed by atoms with Gasteiger partial charge in [-0.05, 0) is 69.0 Å². The standard InChI is InChI=1S/C25H31N3O5S/c1-18-8-3-4-15-28(18)34(31,32)23-17-19(11-12-22(23)33-2)24(29)26-21-10-7-9-20(16-21)25(30)27-13-5-6-14-27/h7,9-12,16-18H,3-6,8,13-15H2,1-2H3,(H,26,29). The molecule has 0 aromatic heterocycles. The molecule has 2 aromatic carbocycles. The molecule has 0 bridgehead atoms. The van der Waals surface area contributed by atoms with Crippen LogP contribution in [0.5, 0.6) is 5.75 Å². The lowest BCUT2D eigenvalue weighted by Gasteiger charge is -2.32. The Morgan fingerprint density at radius 2 is 1.71 bits per heavy atom. The molecule has 2 saturated heterocycles. The predicted octanol–water partition coefficient (Wildman–Crippen LogP) is 3.75. The summed E-state index contributed by atoms with van der Waals surface area (Å²) in [5.41, 5.74) is 1.18. The fourth-order valence-corrected chi connectivity index (χ4v) is 6.49. The van der Waals surface area contributed by atoms with Gasteiger partial charge in [-0.15, -0.1) is 0 Å². The summed E-state index contributed by atoms with van der Waals surface area (Å²) in [5, 5.41) is 2.79. The molecule has 2 fully saturated rings. The van der Waals surface area contributed by atoms with E-state index in [0.717, 1.165) is 45.2 Å². The molecule has 2 aliphatic heterocycles. The minimum absolute atomic E-state index is 0.0191. The Morgan fingerprint density at radius 3 is 2.41 bits per heavy atom. The second kappa shape index (κ2) is 10.1. The normalized spacial score (nSPS) is 19.1. The van der Waals surface area contributed by atoms with Crippen LogP contribution in [0.1, 0.15) is 59.7 Å². The third-order valence-corrected chi connectivity index (χ3v) is 8.55. The molecule has 2 amide bonds. The number of likely N-dealkylation sites (tertiary alicyclic amines) is 1. The third kappa shape index (κ3) is 4.95. The first-order valence-corrected chi connectivity index (χ1v) is 13.2. The van der Waals surface area contributed by atoms with Crippen LogP contribution in [-0.2, 0) is 10.0 Å². The average molecular weight is 486 g/mol. The molecular weight excluding hydrogens is 454 g/mol. The van der Waals surface area contributed by atoms with Crippen LogP contribution in [0, 0.1) is 0 Å². The van der Waals surface area contributed by atoms with Crippen molar-refractivity contribution in [3.05, 3.63) is 53.6 Å². The number of piperidine rings is 1. The molecule has 0 radical (unpaired) electrons. The zero-order chi connectivity index (χ0) is 24.3. The number of sulfonamides is 1. The highest BCUT2D eigenvalue weighted by molar-refractivity contribution is 7.89. The summed E-state index contributed by atoms with van der Waals surface area (Å²) < 4.78 is 33.7. The summed E-state index contributed by atoms with van der Waals surface area (Å²) in [7, 11) is -2.42. The number of nitrogens with one attached hydrogen (secondary N) is 1. The highest BCUT2D eigenvalue weighted by Crippen LogP contribution is 2.32. The van der Waals surface area contributed by atoms with Gasteiger partial charge in [-0.2, -0.15) is 4.31 Å². The SMILES string of the molecule is COc1ccc(C(=O)Nc2cccc(C(=O)N3CCCC3)c2)cc1S(=O)(=O)N1CCCCC1C. The summed E-state index contributed by atoms with van der Waals surface area (Å²) in [6, 6.07) is 11.1. The smallest absolute Gasteiger partial charge is 0.255 e. The molecular formula is C25H31N3O5S. The van der Waals surface area contributed by atoms with E-state index in [0.29, 0.717) is 17.8 Å². The Hall–Kier alpha value is -2.91. The van der Waals surface area contributed by atoms with E-state index in [9.17, 15) is 18.0 Å². The van der Waals surface area contributed by atoms with Crippen LogP contribution in [0.25, 0.3) is 0 Å². The van der Waals surface area contributed by atoms with Crippen LogP contribution in [0.3, 0.4) is 0 Å². The van der Waals surface area contributed by atoms with Crippen molar-refractivity contribution >= 4 is 27.5 Å². The quantitative estimate of drug-likeness (QED) is 0.672. The van der Waals surface area contributed by atoms with E-state index in [1.54, 1.807) is 24.3 Å². The van der Waals surface area contributed by atoms with Gasteiger partial charge in [0.05, 0.1) is 7.11 Å².